The van der Waals surface area contributed by atoms with Crippen LogP contribution in [-0.4, -0.2) is 48.5 Å². The molecule has 0 aliphatic heterocycles. The van der Waals surface area contributed by atoms with Gasteiger partial charge < -0.3 is 20.3 Å². The first-order valence-corrected chi connectivity index (χ1v) is 7.55. The van der Waals surface area contributed by atoms with Gasteiger partial charge in [-0.3, -0.25) is 9.59 Å². The quantitative estimate of drug-likeness (QED) is 0.428. The standard InChI is InChI=1S/C16H23NO5/c1-2-4-16-5-3-11(10-16)12(15(20)21)13(16)14(19)17-6-8-22-9-7-18/h2-3,5,11-13,18H,1,4,6-10H2,(H,17,19)(H,20,21). The SMILES string of the molecule is C=CCC12C=CC(C1)C(C(=O)O)C2C(=O)NCCOCCO. The second-order valence-corrected chi connectivity index (χ2v) is 5.92. The van der Waals surface area contributed by atoms with Gasteiger partial charge in [-0.15, -0.1) is 6.58 Å². The Bertz CT molecular complexity index is 475. The molecule has 0 heterocycles. The van der Waals surface area contributed by atoms with Crippen LogP contribution in [0.3, 0.4) is 0 Å². The van der Waals surface area contributed by atoms with Crippen molar-refractivity contribution in [3.63, 3.8) is 0 Å². The number of aliphatic hydroxyl groups is 1. The number of rotatable bonds is 9. The molecule has 0 spiro atoms. The lowest BCUT2D eigenvalue weighted by atomic mass is 9.71. The highest BCUT2D eigenvalue weighted by Gasteiger charge is 2.59. The number of amides is 1. The summed E-state index contributed by atoms with van der Waals surface area (Å²) in [6, 6.07) is 0. The Kier molecular flexibility index (Phi) is 5.37. The molecule has 0 saturated heterocycles. The van der Waals surface area contributed by atoms with E-state index < -0.39 is 23.2 Å². The van der Waals surface area contributed by atoms with Crippen LogP contribution in [-0.2, 0) is 14.3 Å². The average Bonchev–Trinajstić information content (AvgIpc) is 3.02. The van der Waals surface area contributed by atoms with Crippen molar-refractivity contribution < 1.29 is 24.5 Å². The molecule has 1 fully saturated rings. The van der Waals surface area contributed by atoms with Gasteiger partial charge >= 0.3 is 5.97 Å². The number of fused-ring (bicyclic) bond motifs is 2. The molecular formula is C16H23NO5. The molecule has 1 amide bonds. The largest absolute Gasteiger partial charge is 0.481 e. The van der Waals surface area contributed by atoms with Gasteiger partial charge in [0, 0.05) is 12.0 Å². The summed E-state index contributed by atoms with van der Waals surface area (Å²) in [6.45, 7) is 4.50. The Hall–Kier alpha value is -1.66. The van der Waals surface area contributed by atoms with E-state index in [1.54, 1.807) is 6.08 Å². The smallest absolute Gasteiger partial charge is 0.307 e. The number of aliphatic hydroxyl groups excluding tert-OH is 1. The molecule has 2 rings (SSSR count). The van der Waals surface area contributed by atoms with Gasteiger partial charge in [0.15, 0.2) is 0 Å². The van der Waals surface area contributed by atoms with E-state index in [9.17, 15) is 14.7 Å². The summed E-state index contributed by atoms with van der Waals surface area (Å²) in [4.78, 5) is 24.1. The lowest BCUT2D eigenvalue weighted by Gasteiger charge is -2.33. The predicted octanol–water partition coefficient (Wildman–Crippen LogP) is 0.581. The average molecular weight is 309 g/mol. The van der Waals surface area contributed by atoms with Gasteiger partial charge in [0.2, 0.25) is 5.91 Å². The number of allylic oxidation sites excluding steroid dienone is 3. The number of carbonyl (C=O) groups excluding carboxylic acids is 1. The zero-order valence-electron chi connectivity index (χ0n) is 12.5. The van der Waals surface area contributed by atoms with E-state index in [2.05, 4.69) is 11.9 Å². The maximum absolute atomic E-state index is 12.5. The maximum Gasteiger partial charge on any atom is 0.307 e. The van der Waals surface area contributed by atoms with Crippen molar-refractivity contribution >= 4 is 11.9 Å². The Labute approximate surface area is 129 Å². The molecule has 0 radical (unpaired) electrons. The molecule has 6 heteroatoms. The second-order valence-electron chi connectivity index (χ2n) is 5.92. The monoisotopic (exact) mass is 309 g/mol. The zero-order valence-corrected chi connectivity index (χ0v) is 12.5. The van der Waals surface area contributed by atoms with Gasteiger partial charge in [-0.1, -0.05) is 18.2 Å². The van der Waals surface area contributed by atoms with Crippen molar-refractivity contribution in [1.29, 1.82) is 0 Å². The van der Waals surface area contributed by atoms with Gasteiger partial charge in [0.1, 0.15) is 0 Å². The Morgan fingerprint density at radius 3 is 2.86 bits per heavy atom. The van der Waals surface area contributed by atoms with E-state index in [4.69, 9.17) is 9.84 Å². The first-order chi connectivity index (χ1) is 10.6. The lowest BCUT2D eigenvalue weighted by molar-refractivity contribution is -0.148. The van der Waals surface area contributed by atoms with Crippen LogP contribution in [0.1, 0.15) is 12.8 Å². The highest BCUT2D eigenvalue weighted by molar-refractivity contribution is 5.87. The second kappa shape index (κ2) is 7.07. The Balaban J connectivity index is 2.04. The molecule has 2 aliphatic carbocycles. The van der Waals surface area contributed by atoms with Crippen molar-refractivity contribution in [2.75, 3.05) is 26.4 Å². The van der Waals surface area contributed by atoms with E-state index >= 15 is 0 Å². The molecule has 4 unspecified atom stereocenters. The summed E-state index contributed by atoms with van der Waals surface area (Å²) in [5, 5.41) is 20.9. The van der Waals surface area contributed by atoms with Gasteiger partial charge in [0.25, 0.3) is 0 Å². The highest BCUT2D eigenvalue weighted by atomic mass is 16.5. The topological polar surface area (TPSA) is 95.9 Å². The molecule has 3 N–H and O–H groups in total. The van der Waals surface area contributed by atoms with Gasteiger partial charge in [0.05, 0.1) is 31.7 Å². The predicted molar refractivity (Wildman–Crippen MR) is 80.0 cm³/mol. The number of hydrogen-bond donors (Lipinski definition) is 3. The first-order valence-electron chi connectivity index (χ1n) is 7.55. The number of carbonyl (C=O) groups is 2. The number of hydrogen-bond acceptors (Lipinski definition) is 4. The summed E-state index contributed by atoms with van der Waals surface area (Å²) in [7, 11) is 0. The molecule has 2 bridgehead atoms. The third kappa shape index (κ3) is 3.08. The van der Waals surface area contributed by atoms with Crippen LogP contribution >= 0.6 is 0 Å². The summed E-state index contributed by atoms with van der Waals surface area (Å²) in [6.07, 6.45) is 6.96. The summed E-state index contributed by atoms with van der Waals surface area (Å²) >= 11 is 0. The van der Waals surface area contributed by atoms with E-state index in [-0.39, 0.29) is 25.0 Å². The van der Waals surface area contributed by atoms with Crippen LogP contribution < -0.4 is 5.32 Å². The normalized spacial score (nSPS) is 32.1. The van der Waals surface area contributed by atoms with E-state index in [0.717, 1.165) is 0 Å². The fourth-order valence-electron chi connectivity index (χ4n) is 3.79. The minimum atomic E-state index is -0.919. The van der Waals surface area contributed by atoms with Crippen molar-refractivity contribution in [3.8, 4) is 0 Å². The van der Waals surface area contributed by atoms with Crippen molar-refractivity contribution in [2.24, 2.45) is 23.2 Å². The molecule has 0 aromatic carbocycles. The number of ether oxygens (including phenoxy) is 1. The Morgan fingerprint density at radius 1 is 1.45 bits per heavy atom. The van der Waals surface area contributed by atoms with Crippen molar-refractivity contribution in [3.05, 3.63) is 24.8 Å². The molecule has 2 aliphatic rings. The van der Waals surface area contributed by atoms with Gasteiger partial charge in [-0.05, 0) is 18.8 Å². The molecule has 1 saturated carbocycles. The third-order valence-electron chi connectivity index (χ3n) is 4.60. The van der Waals surface area contributed by atoms with Gasteiger partial charge in [-0.25, -0.2) is 0 Å². The third-order valence-corrected chi connectivity index (χ3v) is 4.60. The van der Waals surface area contributed by atoms with Crippen molar-refractivity contribution in [1.82, 2.24) is 5.32 Å². The maximum atomic E-state index is 12.5. The molecule has 122 valence electrons. The van der Waals surface area contributed by atoms with Gasteiger partial charge in [-0.2, -0.15) is 0 Å². The Morgan fingerprint density at radius 2 is 2.23 bits per heavy atom. The van der Waals surface area contributed by atoms with Crippen LogP contribution in [0.5, 0.6) is 0 Å². The molecule has 6 nitrogen and oxygen atoms in total. The molecular weight excluding hydrogens is 286 g/mol. The van der Waals surface area contributed by atoms with E-state index in [1.165, 1.54) is 0 Å². The van der Waals surface area contributed by atoms with Crippen LogP contribution in [0.2, 0.25) is 0 Å². The summed E-state index contributed by atoms with van der Waals surface area (Å²) < 4.78 is 5.09. The highest BCUT2D eigenvalue weighted by Crippen LogP contribution is 2.58. The van der Waals surface area contributed by atoms with Crippen LogP contribution in [0.25, 0.3) is 0 Å². The fraction of sp³-hybridized carbons (Fsp3) is 0.625. The number of nitrogens with one attached hydrogen (secondary N) is 1. The summed E-state index contributed by atoms with van der Waals surface area (Å²) in [5.74, 6) is -2.50. The number of carboxylic acids is 1. The minimum absolute atomic E-state index is 0.0629. The zero-order chi connectivity index (χ0) is 16.2. The van der Waals surface area contributed by atoms with Crippen LogP contribution in [0.15, 0.2) is 24.8 Å². The van der Waals surface area contributed by atoms with Crippen molar-refractivity contribution in [2.45, 2.75) is 12.8 Å². The molecule has 22 heavy (non-hydrogen) atoms. The molecule has 0 aromatic heterocycles. The van der Waals surface area contributed by atoms with Crippen LogP contribution in [0, 0.1) is 23.2 Å². The fourth-order valence-corrected chi connectivity index (χ4v) is 3.79. The lowest BCUT2D eigenvalue weighted by Crippen LogP contribution is -2.45. The first kappa shape index (κ1) is 16.7. The number of carboxylic acid groups (broad SMARTS) is 1. The molecule has 4 atom stereocenters. The van der Waals surface area contributed by atoms with E-state index in [1.807, 2.05) is 12.2 Å². The minimum Gasteiger partial charge on any atom is -0.481 e. The van der Waals surface area contributed by atoms with E-state index in [0.29, 0.717) is 26.0 Å². The number of aliphatic carboxylic acids is 1. The van der Waals surface area contributed by atoms with Crippen LogP contribution in [0.4, 0.5) is 0 Å². The summed E-state index contributed by atoms with van der Waals surface area (Å²) in [5.41, 5.74) is -0.425. The molecule has 0 aromatic rings.